The lowest BCUT2D eigenvalue weighted by Gasteiger charge is -2.15. The third-order valence-electron chi connectivity index (χ3n) is 2.90. The van der Waals surface area contributed by atoms with Crippen LogP contribution in [0.1, 0.15) is 11.4 Å². The van der Waals surface area contributed by atoms with Gasteiger partial charge in [-0.05, 0) is 12.0 Å². The zero-order valence-corrected chi connectivity index (χ0v) is 11.1. The number of amides is 1. The van der Waals surface area contributed by atoms with E-state index in [-0.39, 0.29) is 18.3 Å². The van der Waals surface area contributed by atoms with E-state index in [1.165, 1.54) is 6.39 Å². The Balaban J connectivity index is 2.03. The van der Waals surface area contributed by atoms with Gasteiger partial charge >= 0.3 is 0 Å². The van der Waals surface area contributed by atoms with E-state index in [4.69, 9.17) is 10.9 Å². The summed E-state index contributed by atoms with van der Waals surface area (Å²) in [7, 11) is 0. The second-order valence-electron chi connectivity index (χ2n) is 4.33. The first-order chi connectivity index (χ1) is 10.2. The van der Waals surface area contributed by atoms with E-state index in [2.05, 4.69) is 25.1 Å². The summed E-state index contributed by atoms with van der Waals surface area (Å²) in [6, 6.07) is 9.32. The zero-order valence-electron chi connectivity index (χ0n) is 11.1. The van der Waals surface area contributed by atoms with Gasteiger partial charge in [0.1, 0.15) is 5.92 Å². The van der Waals surface area contributed by atoms with E-state index in [9.17, 15) is 4.79 Å². The summed E-state index contributed by atoms with van der Waals surface area (Å²) in [6.45, 7) is 0.110. The van der Waals surface area contributed by atoms with Crippen LogP contribution in [0.15, 0.2) is 46.4 Å². The molecule has 0 aliphatic heterocycles. The van der Waals surface area contributed by atoms with Gasteiger partial charge in [-0.25, -0.2) is 0 Å². The van der Waals surface area contributed by atoms with Crippen LogP contribution in [0.4, 0.5) is 0 Å². The van der Waals surface area contributed by atoms with Crippen LogP contribution in [0.5, 0.6) is 0 Å². The quantitative estimate of drug-likeness (QED) is 0.303. The molecule has 0 bridgehead atoms. The molecule has 1 aromatic heterocycles. The van der Waals surface area contributed by atoms with Crippen LogP contribution in [0, 0.1) is 5.92 Å². The maximum absolute atomic E-state index is 12.2. The van der Waals surface area contributed by atoms with Crippen molar-refractivity contribution < 1.29 is 14.5 Å². The van der Waals surface area contributed by atoms with Crippen molar-refractivity contribution in [1.82, 2.24) is 15.5 Å². The zero-order chi connectivity index (χ0) is 15.1. The summed E-state index contributed by atoms with van der Waals surface area (Å²) in [5.41, 5.74) is 6.51. The molecule has 2 rings (SSSR count). The number of hydrogen-bond donors (Lipinski definition) is 3. The lowest BCUT2D eigenvalue weighted by molar-refractivity contribution is -0.123. The average Bonchev–Trinajstić information content (AvgIpc) is 3.04. The highest BCUT2D eigenvalue weighted by atomic mass is 16.5. The molecule has 0 aliphatic rings. The van der Waals surface area contributed by atoms with Gasteiger partial charge in [0.15, 0.2) is 11.7 Å². The fourth-order valence-electron chi connectivity index (χ4n) is 1.81. The van der Waals surface area contributed by atoms with Crippen molar-refractivity contribution in [3.05, 3.63) is 48.1 Å². The molecule has 1 amide bonds. The van der Waals surface area contributed by atoms with Crippen molar-refractivity contribution in [2.75, 3.05) is 0 Å². The number of oxime groups is 1. The number of aromatic nitrogens is 2. The van der Waals surface area contributed by atoms with Gasteiger partial charge in [0.2, 0.25) is 12.3 Å². The molecular formula is C13H15N5O3. The number of carbonyl (C=O) groups is 1. The molecule has 8 nitrogen and oxygen atoms in total. The first kappa shape index (κ1) is 14.5. The predicted octanol–water partition coefficient (Wildman–Crippen LogP) is 0.291. The highest BCUT2D eigenvalue weighted by Crippen LogP contribution is 2.10. The minimum absolute atomic E-state index is 0.110. The Morgan fingerprint density at radius 2 is 2.19 bits per heavy atom. The van der Waals surface area contributed by atoms with Crippen LogP contribution in [0.3, 0.4) is 0 Å². The highest BCUT2D eigenvalue weighted by molar-refractivity contribution is 6.02. The molecule has 0 radical (unpaired) electrons. The van der Waals surface area contributed by atoms with E-state index < -0.39 is 5.92 Å². The Morgan fingerprint density at radius 3 is 2.81 bits per heavy atom. The number of amidine groups is 1. The third-order valence-corrected chi connectivity index (χ3v) is 2.90. The number of nitrogens with two attached hydrogens (primary N) is 1. The molecule has 0 aliphatic carbocycles. The predicted molar refractivity (Wildman–Crippen MR) is 73.2 cm³/mol. The van der Waals surface area contributed by atoms with Crippen molar-refractivity contribution >= 4 is 11.7 Å². The summed E-state index contributed by atoms with van der Waals surface area (Å²) in [5, 5.41) is 18.0. The Hall–Kier alpha value is -2.90. The fourth-order valence-corrected chi connectivity index (χ4v) is 1.81. The second-order valence-corrected chi connectivity index (χ2v) is 4.33. The van der Waals surface area contributed by atoms with Gasteiger partial charge < -0.3 is 20.8 Å². The van der Waals surface area contributed by atoms with Gasteiger partial charge in [-0.15, -0.1) is 0 Å². The molecule has 1 aromatic carbocycles. The molecule has 21 heavy (non-hydrogen) atoms. The Morgan fingerprint density at radius 1 is 1.43 bits per heavy atom. The SMILES string of the molecule is N/C(=N/O)C(Cc1ccccc1)C(=O)NCc1ncon1. The van der Waals surface area contributed by atoms with Gasteiger partial charge in [0, 0.05) is 0 Å². The number of nitrogens with one attached hydrogen (secondary N) is 1. The Bertz CT molecular complexity index is 598. The smallest absolute Gasteiger partial charge is 0.231 e. The number of hydrogen-bond acceptors (Lipinski definition) is 6. The number of nitrogens with zero attached hydrogens (tertiary/aromatic N) is 3. The fraction of sp³-hybridized carbons (Fsp3) is 0.231. The molecule has 8 heteroatoms. The van der Waals surface area contributed by atoms with Crippen molar-refractivity contribution in [2.24, 2.45) is 16.8 Å². The van der Waals surface area contributed by atoms with Crippen LogP contribution in [0.2, 0.25) is 0 Å². The van der Waals surface area contributed by atoms with E-state index in [1.807, 2.05) is 30.3 Å². The molecule has 4 N–H and O–H groups in total. The van der Waals surface area contributed by atoms with Crippen LogP contribution in [0.25, 0.3) is 0 Å². The van der Waals surface area contributed by atoms with Gasteiger partial charge in [-0.2, -0.15) is 4.98 Å². The van der Waals surface area contributed by atoms with Crippen molar-refractivity contribution in [1.29, 1.82) is 0 Å². The van der Waals surface area contributed by atoms with E-state index in [0.29, 0.717) is 12.2 Å². The summed E-state index contributed by atoms with van der Waals surface area (Å²) < 4.78 is 4.57. The summed E-state index contributed by atoms with van der Waals surface area (Å²) in [6.07, 6.45) is 1.50. The number of benzene rings is 1. The molecule has 0 saturated carbocycles. The average molecular weight is 289 g/mol. The minimum Gasteiger partial charge on any atom is -0.409 e. The van der Waals surface area contributed by atoms with Gasteiger partial charge in [-0.3, -0.25) is 4.79 Å². The van der Waals surface area contributed by atoms with Crippen LogP contribution < -0.4 is 11.1 Å². The van der Waals surface area contributed by atoms with Crippen LogP contribution >= 0.6 is 0 Å². The second kappa shape index (κ2) is 7.04. The molecular weight excluding hydrogens is 274 g/mol. The maximum Gasteiger partial charge on any atom is 0.231 e. The molecule has 2 aromatic rings. The Kier molecular flexibility index (Phi) is 4.86. The largest absolute Gasteiger partial charge is 0.409 e. The van der Waals surface area contributed by atoms with Gasteiger partial charge in [0.25, 0.3) is 0 Å². The van der Waals surface area contributed by atoms with Crippen LogP contribution in [-0.2, 0) is 17.8 Å². The monoisotopic (exact) mass is 289 g/mol. The summed E-state index contributed by atoms with van der Waals surface area (Å²) in [4.78, 5) is 16.0. The summed E-state index contributed by atoms with van der Waals surface area (Å²) >= 11 is 0. The van der Waals surface area contributed by atoms with Crippen molar-refractivity contribution in [3.8, 4) is 0 Å². The van der Waals surface area contributed by atoms with Gasteiger partial charge in [-0.1, -0.05) is 40.6 Å². The standard InChI is InChI=1S/C13H15N5O3/c14-12(17-20)10(6-9-4-2-1-3-5-9)13(19)15-7-11-16-8-21-18-11/h1-5,8,10,20H,6-7H2,(H2,14,17)(H,15,19). The molecule has 0 saturated heterocycles. The summed E-state index contributed by atoms with van der Waals surface area (Å²) in [5.74, 6) is -0.950. The van der Waals surface area contributed by atoms with E-state index in [0.717, 1.165) is 5.56 Å². The van der Waals surface area contributed by atoms with E-state index in [1.54, 1.807) is 0 Å². The number of carbonyl (C=O) groups excluding carboxylic acids is 1. The molecule has 1 heterocycles. The molecule has 0 spiro atoms. The lowest BCUT2D eigenvalue weighted by atomic mass is 9.97. The van der Waals surface area contributed by atoms with Gasteiger partial charge in [0.05, 0.1) is 6.54 Å². The third kappa shape index (κ3) is 4.03. The normalized spacial score (nSPS) is 12.9. The maximum atomic E-state index is 12.2. The molecule has 1 unspecified atom stereocenters. The number of rotatable bonds is 6. The first-order valence-electron chi connectivity index (χ1n) is 6.25. The minimum atomic E-state index is -0.774. The molecule has 1 atom stereocenters. The Labute approximate surface area is 120 Å². The van der Waals surface area contributed by atoms with Crippen molar-refractivity contribution in [3.63, 3.8) is 0 Å². The topological polar surface area (TPSA) is 127 Å². The van der Waals surface area contributed by atoms with E-state index >= 15 is 0 Å². The molecule has 0 fully saturated rings. The molecule has 110 valence electrons. The lowest BCUT2D eigenvalue weighted by Crippen LogP contribution is -2.40. The first-order valence-corrected chi connectivity index (χ1v) is 6.25. The van der Waals surface area contributed by atoms with Crippen LogP contribution in [-0.4, -0.2) is 27.1 Å². The van der Waals surface area contributed by atoms with Crippen molar-refractivity contribution in [2.45, 2.75) is 13.0 Å². The highest BCUT2D eigenvalue weighted by Gasteiger charge is 2.23.